The molecule has 1 aromatic carbocycles. The van der Waals surface area contributed by atoms with Crippen LogP contribution in [0.1, 0.15) is 41.3 Å². The molecule has 0 bridgehead atoms. The number of carboxylic acid groups (broad SMARTS) is 1. The second kappa shape index (κ2) is 6.87. The smallest absolute Gasteiger partial charge is 0.335 e. The summed E-state index contributed by atoms with van der Waals surface area (Å²) in [6, 6.07) is 3.62. The number of hydrogen-bond donors (Lipinski definition) is 3. The monoisotopic (exact) mass is 332 g/mol. The maximum absolute atomic E-state index is 11.4. The Morgan fingerprint density at radius 3 is 2.57 bits per heavy atom. The van der Waals surface area contributed by atoms with Crippen LogP contribution in [0.15, 0.2) is 28.1 Å². The van der Waals surface area contributed by atoms with E-state index in [9.17, 15) is 9.90 Å². The number of aromatic carboxylic acids is 1. The second-order valence-electron chi connectivity index (χ2n) is 5.46. The van der Waals surface area contributed by atoms with Crippen molar-refractivity contribution < 1.29 is 9.90 Å². The molecule has 0 unspecified atom stereocenters. The van der Waals surface area contributed by atoms with E-state index in [0.717, 1.165) is 16.0 Å². The Labute approximate surface area is 139 Å². The fourth-order valence-electron chi connectivity index (χ4n) is 2.18. The number of aromatic nitrogens is 2. The summed E-state index contributed by atoms with van der Waals surface area (Å²) >= 11 is 1.39. The lowest BCUT2D eigenvalue weighted by Gasteiger charge is -2.16. The summed E-state index contributed by atoms with van der Waals surface area (Å²) in [4.78, 5) is 21.3. The van der Waals surface area contributed by atoms with Crippen molar-refractivity contribution in [2.75, 3.05) is 18.1 Å². The molecular formula is C16H20N4O2S. The van der Waals surface area contributed by atoms with Gasteiger partial charge in [0.2, 0.25) is 5.95 Å². The van der Waals surface area contributed by atoms with Crippen LogP contribution < -0.4 is 11.1 Å². The van der Waals surface area contributed by atoms with Crippen molar-refractivity contribution in [3.63, 3.8) is 0 Å². The van der Waals surface area contributed by atoms with E-state index in [1.807, 2.05) is 13.0 Å². The maximum atomic E-state index is 11.4. The number of carbonyl (C=O) groups is 1. The molecule has 0 radical (unpaired) electrons. The van der Waals surface area contributed by atoms with Gasteiger partial charge in [0.15, 0.2) is 0 Å². The molecule has 0 aliphatic rings. The highest BCUT2D eigenvalue weighted by Crippen LogP contribution is 2.37. The van der Waals surface area contributed by atoms with Crippen LogP contribution in [0.2, 0.25) is 0 Å². The van der Waals surface area contributed by atoms with Gasteiger partial charge in [-0.1, -0.05) is 31.7 Å². The molecule has 0 aliphatic carbocycles. The number of nitrogen functional groups attached to an aromatic ring is 1. The van der Waals surface area contributed by atoms with Crippen molar-refractivity contribution in [3.05, 3.63) is 35.0 Å². The van der Waals surface area contributed by atoms with Gasteiger partial charge in [-0.3, -0.25) is 0 Å². The van der Waals surface area contributed by atoms with Gasteiger partial charge in [0.1, 0.15) is 5.82 Å². The van der Waals surface area contributed by atoms with Gasteiger partial charge in [0, 0.05) is 18.1 Å². The van der Waals surface area contributed by atoms with Gasteiger partial charge in [0.05, 0.1) is 10.5 Å². The highest BCUT2D eigenvalue weighted by atomic mass is 32.2. The molecule has 2 rings (SSSR count). The van der Waals surface area contributed by atoms with Crippen molar-refractivity contribution in [2.24, 2.45) is 0 Å². The van der Waals surface area contributed by atoms with Crippen molar-refractivity contribution in [2.45, 2.75) is 36.5 Å². The van der Waals surface area contributed by atoms with E-state index in [4.69, 9.17) is 5.73 Å². The fourth-order valence-corrected chi connectivity index (χ4v) is 3.26. The average molecular weight is 332 g/mol. The lowest BCUT2D eigenvalue weighted by atomic mass is 9.98. The lowest BCUT2D eigenvalue weighted by molar-refractivity contribution is 0.0696. The Morgan fingerprint density at radius 1 is 1.35 bits per heavy atom. The Balaban J connectivity index is 2.49. The number of nitrogens with zero attached hydrogens (tertiary/aromatic N) is 2. The van der Waals surface area contributed by atoms with Gasteiger partial charge >= 0.3 is 5.97 Å². The van der Waals surface area contributed by atoms with E-state index in [2.05, 4.69) is 29.1 Å². The summed E-state index contributed by atoms with van der Waals surface area (Å²) in [5, 5.41) is 12.2. The van der Waals surface area contributed by atoms with Gasteiger partial charge in [-0.05, 0) is 30.0 Å². The highest BCUT2D eigenvalue weighted by molar-refractivity contribution is 7.99. The molecular weight excluding hydrogens is 312 g/mol. The Kier molecular flexibility index (Phi) is 5.10. The molecule has 0 aliphatic heterocycles. The van der Waals surface area contributed by atoms with Gasteiger partial charge in [-0.2, -0.15) is 4.98 Å². The number of nitrogens with one attached hydrogen (secondary N) is 1. The fraction of sp³-hybridized carbons (Fsp3) is 0.312. The molecule has 4 N–H and O–H groups in total. The van der Waals surface area contributed by atoms with Crippen molar-refractivity contribution >= 4 is 29.5 Å². The third-order valence-electron chi connectivity index (χ3n) is 3.44. The Hall–Kier alpha value is -2.28. The third-order valence-corrected chi connectivity index (χ3v) is 4.54. The molecule has 0 saturated carbocycles. The molecule has 0 atom stereocenters. The Morgan fingerprint density at radius 2 is 2.04 bits per heavy atom. The number of anilines is 2. The van der Waals surface area contributed by atoms with Crippen molar-refractivity contribution in [3.8, 4) is 0 Å². The van der Waals surface area contributed by atoms with Crippen LogP contribution in [0.4, 0.5) is 11.8 Å². The predicted octanol–water partition coefficient (Wildman–Crippen LogP) is 3.38. The molecule has 23 heavy (non-hydrogen) atoms. The molecule has 0 amide bonds. The molecule has 2 aromatic rings. The van der Waals surface area contributed by atoms with Crippen molar-refractivity contribution in [1.29, 1.82) is 0 Å². The zero-order valence-corrected chi connectivity index (χ0v) is 14.4. The highest BCUT2D eigenvalue weighted by Gasteiger charge is 2.16. The average Bonchev–Trinajstić information content (AvgIpc) is 2.49. The SMILES string of the molecule is CNc1ncc(Sc2cc(C(=O)O)c(C)cc2C(C)C)c(N)n1. The first-order valence-corrected chi connectivity index (χ1v) is 8.01. The van der Waals surface area contributed by atoms with Crippen molar-refractivity contribution in [1.82, 2.24) is 9.97 Å². The minimum atomic E-state index is -0.936. The summed E-state index contributed by atoms with van der Waals surface area (Å²) in [6.07, 6.45) is 1.64. The minimum absolute atomic E-state index is 0.262. The minimum Gasteiger partial charge on any atom is -0.478 e. The zero-order valence-electron chi connectivity index (χ0n) is 13.5. The summed E-state index contributed by atoms with van der Waals surface area (Å²) in [7, 11) is 1.72. The second-order valence-corrected chi connectivity index (χ2v) is 6.54. The summed E-state index contributed by atoms with van der Waals surface area (Å²) in [5.74, 6) is 0.139. The van der Waals surface area contributed by atoms with E-state index in [0.29, 0.717) is 22.2 Å². The summed E-state index contributed by atoms with van der Waals surface area (Å²) in [6.45, 7) is 5.95. The predicted molar refractivity (Wildman–Crippen MR) is 92.3 cm³/mol. The molecule has 122 valence electrons. The molecule has 0 fully saturated rings. The zero-order chi connectivity index (χ0) is 17.1. The summed E-state index contributed by atoms with van der Waals surface area (Å²) < 4.78 is 0. The first-order chi connectivity index (χ1) is 10.8. The van der Waals surface area contributed by atoms with Gasteiger partial charge in [-0.25, -0.2) is 9.78 Å². The number of aryl methyl sites for hydroxylation is 1. The lowest BCUT2D eigenvalue weighted by Crippen LogP contribution is -2.04. The van der Waals surface area contributed by atoms with E-state index in [1.54, 1.807) is 19.3 Å². The number of nitrogens with two attached hydrogens (primary N) is 1. The van der Waals surface area contributed by atoms with Crippen LogP contribution in [0, 0.1) is 6.92 Å². The normalized spacial score (nSPS) is 10.8. The third kappa shape index (κ3) is 3.73. The molecule has 1 aromatic heterocycles. The van der Waals surface area contributed by atoms with Gasteiger partial charge in [0.25, 0.3) is 0 Å². The van der Waals surface area contributed by atoms with E-state index in [1.165, 1.54) is 11.8 Å². The molecule has 1 heterocycles. The van der Waals surface area contributed by atoms with E-state index in [-0.39, 0.29) is 5.92 Å². The standard InChI is InChI=1S/C16H20N4O2S/c1-8(2)10-5-9(3)11(15(21)22)6-12(10)23-13-7-19-16(18-4)20-14(13)17/h5-8H,1-4H3,(H,21,22)(H3,17,18,19,20). The number of carboxylic acids is 1. The summed E-state index contributed by atoms with van der Waals surface area (Å²) in [5.41, 5.74) is 8.09. The van der Waals surface area contributed by atoms with Crippen LogP contribution in [-0.2, 0) is 0 Å². The van der Waals surface area contributed by atoms with Crippen LogP contribution in [-0.4, -0.2) is 28.1 Å². The van der Waals surface area contributed by atoms with E-state index < -0.39 is 5.97 Å². The molecule has 0 spiro atoms. The van der Waals surface area contributed by atoms with Crippen LogP contribution in [0.25, 0.3) is 0 Å². The van der Waals surface area contributed by atoms with Crippen LogP contribution in [0.3, 0.4) is 0 Å². The Bertz CT molecular complexity index is 747. The topological polar surface area (TPSA) is 101 Å². The van der Waals surface area contributed by atoms with E-state index >= 15 is 0 Å². The van der Waals surface area contributed by atoms with Gasteiger partial charge in [-0.15, -0.1) is 0 Å². The molecule has 0 saturated heterocycles. The first-order valence-electron chi connectivity index (χ1n) is 7.19. The molecule has 6 nitrogen and oxygen atoms in total. The number of benzene rings is 1. The first kappa shape index (κ1) is 17.1. The maximum Gasteiger partial charge on any atom is 0.335 e. The van der Waals surface area contributed by atoms with Gasteiger partial charge < -0.3 is 16.2 Å². The quantitative estimate of drug-likeness (QED) is 0.771. The molecule has 7 heteroatoms. The largest absolute Gasteiger partial charge is 0.478 e. The van der Waals surface area contributed by atoms with Crippen LogP contribution in [0.5, 0.6) is 0 Å². The number of rotatable bonds is 5. The number of hydrogen-bond acceptors (Lipinski definition) is 6. The van der Waals surface area contributed by atoms with Crippen LogP contribution >= 0.6 is 11.8 Å².